The van der Waals surface area contributed by atoms with Gasteiger partial charge < -0.3 is 20.3 Å². The van der Waals surface area contributed by atoms with Crippen LogP contribution in [0.25, 0.3) is 0 Å². The smallest absolute Gasteiger partial charge is 0.227 e. The average molecular weight is 319 g/mol. The summed E-state index contributed by atoms with van der Waals surface area (Å²) in [5.74, 6) is 1.26. The van der Waals surface area contributed by atoms with E-state index in [9.17, 15) is 4.79 Å². The van der Waals surface area contributed by atoms with Gasteiger partial charge in [-0.3, -0.25) is 4.79 Å². The zero-order valence-corrected chi connectivity index (χ0v) is 14.5. The monoisotopic (exact) mass is 319 g/mol. The molecule has 0 bridgehead atoms. The van der Waals surface area contributed by atoms with Gasteiger partial charge in [-0.15, -0.1) is 0 Å². The van der Waals surface area contributed by atoms with Crippen LogP contribution in [0, 0.1) is 11.8 Å². The van der Waals surface area contributed by atoms with Crippen molar-refractivity contribution in [1.82, 2.24) is 10.2 Å². The second-order valence-electron chi connectivity index (χ2n) is 6.07. The molecule has 1 aromatic carbocycles. The Morgan fingerprint density at radius 2 is 2.04 bits per heavy atom. The molecule has 0 radical (unpaired) electrons. The molecule has 1 aliphatic rings. The molecular weight excluding hydrogens is 290 g/mol. The van der Waals surface area contributed by atoms with Crippen LogP contribution in [0.5, 0.6) is 5.75 Å². The standard InChI is InChI=1S/C18H29N3O2/c1-4-21(5-2)10-11-23-17-9-7-6-8-16(17)20-18(22)14(3)15-12-19-13-15/h6-9,14-15,19H,4-5,10-13H2,1-3H3,(H,20,22). The van der Waals surface area contributed by atoms with E-state index in [-0.39, 0.29) is 11.8 Å². The van der Waals surface area contributed by atoms with Gasteiger partial charge >= 0.3 is 0 Å². The first kappa shape index (κ1) is 17.8. The minimum absolute atomic E-state index is 0.0139. The third-order valence-corrected chi connectivity index (χ3v) is 4.64. The van der Waals surface area contributed by atoms with Gasteiger partial charge in [0.05, 0.1) is 5.69 Å². The number of nitrogens with zero attached hydrogens (tertiary/aromatic N) is 1. The average Bonchev–Trinajstić information content (AvgIpc) is 2.51. The summed E-state index contributed by atoms with van der Waals surface area (Å²) in [4.78, 5) is 14.7. The first-order chi connectivity index (χ1) is 11.2. The Bertz CT molecular complexity index is 499. The highest BCUT2D eigenvalue weighted by Gasteiger charge is 2.29. The van der Waals surface area contributed by atoms with E-state index in [0.29, 0.717) is 12.5 Å². The fourth-order valence-electron chi connectivity index (χ4n) is 2.65. The molecule has 1 heterocycles. The van der Waals surface area contributed by atoms with E-state index in [0.717, 1.165) is 44.2 Å². The summed E-state index contributed by atoms with van der Waals surface area (Å²) >= 11 is 0. The molecule has 5 heteroatoms. The Kier molecular flexibility index (Phi) is 6.86. The van der Waals surface area contributed by atoms with Crippen molar-refractivity contribution in [1.29, 1.82) is 0 Å². The van der Waals surface area contributed by atoms with Crippen LogP contribution in [0.2, 0.25) is 0 Å². The molecule has 1 amide bonds. The number of para-hydroxylation sites is 2. The Balaban J connectivity index is 1.90. The number of benzene rings is 1. The van der Waals surface area contributed by atoms with Gasteiger partial charge in [-0.2, -0.15) is 0 Å². The molecule has 2 rings (SSSR count). The maximum atomic E-state index is 12.4. The van der Waals surface area contributed by atoms with Gasteiger partial charge in [0, 0.05) is 12.5 Å². The van der Waals surface area contributed by atoms with Crippen molar-refractivity contribution in [2.75, 3.05) is 44.6 Å². The Morgan fingerprint density at radius 1 is 1.35 bits per heavy atom. The van der Waals surface area contributed by atoms with E-state index in [4.69, 9.17) is 4.74 Å². The lowest BCUT2D eigenvalue weighted by molar-refractivity contribution is -0.121. The van der Waals surface area contributed by atoms with Crippen LogP contribution in [0.4, 0.5) is 5.69 Å². The maximum Gasteiger partial charge on any atom is 0.227 e. The summed E-state index contributed by atoms with van der Waals surface area (Å²) in [5.41, 5.74) is 0.760. The van der Waals surface area contributed by atoms with Crippen molar-refractivity contribution in [3.63, 3.8) is 0 Å². The second-order valence-corrected chi connectivity index (χ2v) is 6.07. The summed E-state index contributed by atoms with van der Waals surface area (Å²) in [7, 11) is 0. The molecule has 128 valence electrons. The number of ether oxygens (including phenoxy) is 1. The third-order valence-electron chi connectivity index (χ3n) is 4.64. The summed E-state index contributed by atoms with van der Waals surface area (Å²) < 4.78 is 5.88. The number of anilines is 1. The highest BCUT2D eigenvalue weighted by molar-refractivity contribution is 5.94. The lowest BCUT2D eigenvalue weighted by atomic mass is 9.88. The predicted molar refractivity (Wildman–Crippen MR) is 93.9 cm³/mol. The number of rotatable bonds is 9. The number of hydrogen-bond acceptors (Lipinski definition) is 4. The summed E-state index contributed by atoms with van der Waals surface area (Å²) in [6, 6.07) is 7.66. The highest BCUT2D eigenvalue weighted by atomic mass is 16.5. The van der Waals surface area contributed by atoms with Crippen LogP contribution in [0.15, 0.2) is 24.3 Å². The topological polar surface area (TPSA) is 53.6 Å². The quantitative estimate of drug-likeness (QED) is 0.733. The van der Waals surface area contributed by atoms with Gasteiger partial charge in [0.2, 0.25) is 5.91 Å². The van der Waals surface area contributed by atoms with Crippen LogP contribution in [-0.4, -0.2) is 50.1 Å². The zero-order valence-electron chi connectivity index (χ0n) is 14.5. The van der Waals surface area contributed by atoms with Crippen molar-refractivity contribution < 1.29 is 9.53 Å². The molecule has 1 aliphatic heterocycles. The molecule has 2 N–H and O–H groups in total. The minimum Gasteiger partial charge on any atom is -0.490 e. The van der Waals surface area contributed by atoms with Gasteiger partial charge in [0.25, 0.3) is 0 Å². The number of nitrogens with one attached hydrogen (secondary N) is 2. The molecule has 1 saturated heterocycles. The summed E-state index contributed by atoms with van der Waals surface area (Å²) in [6.45, 7) is 11.7. The molecular formula is C18H29N3O2. The summed E-state index contributed by atoms with van der Waals surface area (Å²) in [6.07, 6.45) is 0. The first-order valence-electron chi connectivity index (χ1n) is 8.61. The lowest BCUT2D eigenvalue weighted by Crippen LogP contribution is -2.48. The number of carbonyl (C=O) groups is 1. The zero-order chi connectivity index (χ0) is 16.7. The van der Waals surface area contributed by atoms with E-state index in [1.807, 2.05) is 31.2 Å². The van der Waals surface area contributed by atoms with E-state index < -0.39 is 0 Å². The fourth-order valence-corrected chi connectivity index (χ4v) is 2.65. The first-order valence-corrected chi connectivity index (χ1v) is 8.61. The number of amides is 1. The molecule has 0 aromatic heterocycles. The lowest BCUT2D eigenvalue weighted by Gasteiger charge is -2.31. The minimum atomic E-state index is 0.0139. The molecule has 0 saturated carbocycles. The van der Waals surface area contributed by atoms with Gasteiger partial charge in [0.1, 0.15) is 12.4 Å². The van der Waals surface area contributed by atoms with Gasteiger partial charge in [-0.1, -0.05) is 32.9 Å². The number of hydrogen-bond donors (Lipinski definition) is 2. The molecule has 1 unspecified atom stereocenters. The molecule has 1 aromatic rings. The summed E-state index contributed by atoms with van der Waals surface area (Å²) in [5, 5.41) is 6.23. The van der Waals surface area contributed by atoms with E-state index in [2.05, 4.69) is 29.4 Å². The van der Waals surface area contributed by atoms with Crippen molar-refractivity contribution in [2.45, 2.75) is 20.8 Å². The Morgan fingerprint density at radius 3 is 2.65 bits per heavy atom. The molecule has 23 heavy (non-hydrogen) atoms. The molecule has 5 nitrogen and oxygen atoms in total. The SMILES string of the molecule is CCN(CC)CCOc1ccccc1NC(=O)C(C)C1CNC1. The number of likely N-dealkylation sites (N-methyl/N-ethyl adjacent to an activating group) is 1. The highest BCUT2D eigenvalue weighted by Crippen LogP contribution is 2.25. The van der Waals surface area contributed by atoms with Gasteiger partial charge in [-0.05, 0) is 44.2 Å². The van der Waals surface area contributed by atoms with Crippen molar-refractivity contribution in [3.8, 4) is 5.75 Å². The normalized spacial score (nSPS) is 16.0. The van der Waals surface area contributed by atoms with Crippen molar-refractivity contribution in [3.05, 3.63) is 24.3 Å². The van der Waals surface area contributed by atoms with E-state index in [1.54, 1.807) is 0 Å². The van der Waals surface area contributed by atoms with E-state index >= 15 is 0 Å². The molecule has 1 atom stereocenters. The molecule has 0 spiro atoms. The van der Waals surface area contributed by atoms with Crippen LogP contribution in [-0.2, 0) is 4.79 Å². The predicted octanol–water partition coefficient (Wildman–Crippen LogP) is 2.20. The maximum absolute atomic E-state index is 12.4. The molecule has 1 fully saturated rings. The second kappa shape index (κ2) is 8.89. The molecule has 0 aliphatic carbocycles. The van der Waals surface area contributed by atoms with Crippen LogP contribution in [0.1, 0.15) is 20.8 Å². The van der Waals surface area contributed by atoms with Crippen LogP contribution >= 0.6 is 0 Å². The Hall–Kier alpha value is -1.59. The van der Waals surface area contributed by atoms with E-state index in [1.165, 1.54) is 0 Å². The van der Waals surface area contributed by atoms with Crippen molar-refractivity contribution >= 4 is 11.6 Å². The van der Waals surface area contributed by atoms with Crippen LogP contribution < -0.4 is 15.4 Å². The van der Waals surface area contributed by atoms with Gasteiger partial charge in [0.15, 0.2) is 0 Å². The van der Waals surface area contributed by atoms with Gasteiger partial charge in [-0.25, -0.2) is 0 Å². The van der Waals surface area contributed by atoms with Crippen molar-refractivity contribution in [2.24, 2.45) is 11.8 Å². The fraction of sp³-hybridized carbons (Fsp3) is 0.611. The number of carbonyl (C=O) groups excluding carboxylic acids is 1. The van der Waals surface area contributed by atoms with Crippen LogP contribution in [0.3, 0.4) is 0 Å². The Labute approximate surface area is 139 Å². The third kappa shape index (κ3) is 4.94. The largest absolute Gasteiger partial charge is 0.490 e.